The first-order valence-corrected chi connectivity index (χ1v) is 17.1. The van der Waals surface area contributed by atoms with Crippen molar-refractivity contribution in [3.8, 4) is 17.1 Å². The molecule has 20 heteroatoms. The van der Waals surface area contributed by atoms with Gasteiger partial charge in [-0.15, -0.1) is 10.2 Å². The van der Waals surface area contributed by atoms with Gasteiger partial charge in [0.25, 0.3) is 11.8 Å². The van der Waals surface area contributed by atoms with Gasteiger partial charge in [0, 0.05) is 35.4 Å². The molecule has 6 rings (SSSR count). The first kappa shape index (κ1) is 34.3. The van der Waals surface area contributed by atoms with Crippen molar-refractivity contribution < 1.29 is 36.3 Å². The molecule has 0 bridgehead atoms. The van der Waals surface area contributed by atoms with Crippen molar-refractivity contribution in [3.05, 3.63) is 75.4 Å². The van der Waals surface area contributed by atoms with Gasteiger partial charge in [0.2, 0.25) is 5.82 Å². The normalized spacial score (nSPS) is 17.5. The second-order valence-electron chi connectivity index (χ2n) is 12.1. The van der Waals surface area contributed by atoms with Gasteiger partial charge in [0.15, 0.2) is 27.6 Å². The largest absolute Gasteiger partial charge is 0.416 e. The summed E-state index contributed by atoms with van der Waals surface area (Å²) in [6, 6.07) is 7.19. The van der Waals surface area contributed by atoms with Crippen molar-refractivity contribution >= 4 is 33.3 Å². The number of carbonyl (C=O) groups is 2. The molecule has 3 aromatic heterocycles. The van der Waals surface area contributed by atoms with E-state index in [1.54, 1.807) is 0 Å². The van der Waals surface area contributed by atoms with Crippen molar-refractivity contribution in [2.45, 2.75) is 50.7 Å². The van der Waals surface area contributed by atoms with E-state index in [4.69, 9.17) is 11.6 Å². The highest BCUT2D eigenvalue weighted by atomic mass is 35.5. The van der Waals surface area contributed by atoms with Gasteiger partial charge in [-0.05, 0) is 50.1 Å². The number of carbonyl (C=O) groups excluding carboxylic acids is 2. The molecule has 49 heavy (non-hydrogen) atoms. The van der Waals surface area contributed by atoms with Crippen molar-refractivity contribution in [3.63, 3.8) is 0 Å². The Kier molecular flexibility index (Phi) is 8.86. The van der Waals surface area contributed by atoms with Crippen LogP contribution in [-0.2, 0) is 22.9 Å². The maximum Gasteiger partial charge on any atom is 0.416 e. The minimum absolute atomic E-state index is 0.0593. The fourth-order valence-electron chi connectivity index (χ4n) is 5.12. The molecule has 2 aliphatic rings. The SMILES string of the molecule is CC1(NC(=O)c2ccncc2-n2nc(Cn3nc(-c4ccc(Cl)cc4)n(CC(O)C(F)(F)F)c3=O)nc2C(=O)N2CCS(=O)(=O)CC2)CC1. The summed E-state index contributed by atoms with van der Waals surface area (Å²) in [6.07, 6.45) is -3.72. The topological polar surface area (TPSA) is 187 Å². The third-order valence-electron chi connectivity index (χ3n) is 8.21. The molecular formula is C29H29ClF3N9O6S. The van der Waals surface area contributed by atoms with Crippen LogP contribution in [0.1, 0.15) is 46.6 Å². The van der Waals surface area contributed by atoms with Crippen LogP contribution in [0, 0.1) is 0 Å². The molecular weight excluding hydrogens is 695 g/mol. The number of halogens is 4. The van der Waals surface area contributed by atoms with Gasteiger partial charge in [0.05, 0.1) is 35.5 Å². The lowest BCUT2D eigenvalue weighted by Crippen LogP contribution is -2.44. The summed E-state index contributed by atoms with van der Waals surface area (Å²) >= 11 is 5.96. The van der Waals surface area contributed by atoms with Crippen LogP contribution in [0.25, 0.3) is 17.1 Å². The van der Waals surface area contributed by atoms with Gasteiger partial charge < -0.3 is 15.3 Å². The average molecular weight is 724 g/mol. The van der Waals surface area contributed by atoms with Crippen LogP contribution >= 0.6 is 11.6 Å². The van der Waals surface area contributed by atoms with E-state index >= 15 is 0 Å². The number of nitrogens with zero attached hydrogens (tertiary/aromatic N) is 8. The number of nitrogens with one attached hydrogen (secondary N) is 1. The van der Waals surface area contributed by atoms with Crippen LogP contribution < -0.4 is 11.0 Å². The van der Waals surface area contributed by atoms with Crippen molar-refractivity contribution in [1.82, 2.24) is 44.3 Å². The molecule has 1 aromatic carbocycles. The molecule has 1 saturated heterocycles. The van der Waals surface area contributed by atoms with Gasteiger partial charge in [-0.2, -0.15) is 13.2 Å². The highest BCUT2D eigenvalue weighted by Gasteiger charge is 2.41. The minimum Gasteiger partial charge on any atom is -0.382 e. The molecule has 1 aliphatic heterocycles. The summed E-state index contributed by atoms with van der Waals surface area (Å²) in [6.45, 7) is -0.0929. The van der Waals surface area contributed by atoms with E-state index in [9.17, 15) is 41.1 Å². The Morgan fingerprint density at radius 2 is 1.78 bits per heavy atom. The van der Waals surface area contributed by atoms with Crippen LogP contribution in [-0.4, -0.2) is 107 Å². The lowest BCUT2D eigenvalue weighted by atomic mass is 10.2. The number of hydrogen-bond acceptors (Lipinski definition) is 10. The molecule has 2 amide bonds. The summed E-state index contributed by atoms with van der Waals surface area (Å²) in [7, 11) is -3.35. The number of aromatic nitrogens is 7. The Morgan fingerprint density at radius 3 is 2.41 bits per heavy atom. The molecule has 2 N–H and O–H groups in total. The van der Waals surface area contributed by atoms with Crippen molar-refractivity contribution in [1.29, 1.82) is 0 Å². The molecule has 1 unspecified atom stereocenters. The van der Waals surface area contributed by atoms with Crippen LogP contribution in [0.2, 0.25) is 5.02 Å². The maximum atomic E-state index is 13.8. The molecule has 1 atom stereocenters. The number of benzene rings is 1. The van der Waals surface area contributed by atoms with Gasteiger partial charge in [-0.3, -0.25) is 19.1 Å². The van der Waals surface area contributed by atoms with Crippen LogP contribution in [0.5, 0.6) is 0 Å². The number of amides is 2. The minimum atomic E-state index is -5.03. The van der Waals surface area contributed by atoms with Gasteiger partial charge >= 0.3 is 11.9 Å². The number of alkyl halides is 3. The van der Waals surface area contributed by atoms with E-state index in [0.717, 1.165) is 22.2 Å². The summed E-state index contributed by atoms with van der Waals surface area (Å²) in [5.41, 5.74) is -1.06. The number of hydrogen-bond donors (Lipinski definition) is 2. The highest BCUT2D eigenvalue weighted by molar-refractivity contribution is 7.91. The zero-order valence-corrected chi connectivity index (χ0v) is 27.3. The highest BCUT2D eigenvalue weighted by Crippen LogP contribution is 2.35. The number of rotatable bonds is 9. The van der Waals surface area contributed by atoms with Crippen molar-refractivity contribution in [2.75, 3.05) is 24.6 Å². The molecule has 4 aromatic rings. The van der Waals surface area contributed by atoms with E-state index in [1.807, 2.05) is 6.92 Å². The van der Waals surface area contributed by atoms with Gasteiger partial charge in [-0.25, -0.2) is 27.6 Å². The Morgan fingerprint density at radius 1 is 1.10 bits per heavy atom. The Hall–Kier alpha value is -4.62. The monoisotopic (exact) mass is 723 g/mol. The lowest BCUT2D eigenvalue weighted by molar-refractivity contribution is -0.207. The van der Waals surface area contributed by atoms with Gasteiger partial charge in [-0.1, -0.05) is 11.6 Å². The average Bonchev–Trinajstić information content (AvgIpc) is 3.49. The second kappa shape index (κ2) is 12.7. The Bertz CT molecular complexity index is 2080. The van der Waals surface area contributed by atoms with E-state index in [2.05, 4.69) is 25.5 Å². The predicted octanol–water partition coefficient (Wildman–Crippen LogP) is 1.47. The number of pyridine rings is 1. The fraction of sp³-hybridized carbons (Fsp3) is 0.414. The molecule has 0 radical (unpaired) electrons. The third-order valence-corrected chi connectivity index (χ3v) is 10.1. The summed E-state index contributed by atoms with van der Waals surface area (Å²) in [5.74, 6) is -2.47. The first-order valence-electron chi connectivity index (χ1n) is 14.9. The predicted molar refractivity (Wildman–Crippen MR) is 167 cm³/mol. The van der Waals surface area contributed by atoms with Crippen LogP contribution in [0.3, 0.4) is 0 Å². The summed E-state index contributed by atoms with van der Waals surface area (Å²) in [5, 5.41) is 21.7. The van der Waals surface area contributed by atoms with Crippen LogP contribution in [0.15, 0.2) is 47.5 Å². The zero-order chi connectivity index (χ0) is 35.3. The number of sulfone groups is 1. The molecule has 1 saturated carbocycles. The molecule has 1 aliphatic carbocycles. The third kappa shape index (κ3) is 7.37. The molecule has 0 spiro atoms. The smallest absolute Gasteiger partial charge is 0.382 e. The van der Waals surface area contributed by atoms with Crippen LogP contribution in [0.4, 0.5) is 13.2 Å². The Balaban J connectivity index is 1.42. The lowest BCUT2D eigenvalue weighted by Gasteiger charge is -2.26. The second-order valence-corrected chi connectivity index (χ2v) is 14.8. The quantitative estimate of drug-likeness (QED) is 0.256. The molecule has 260 valence electrons. The van der Waals surface area contributed by atoms with Gasteiger partial charge in [0.1, 0.15) is 6.54 Å². The van der Waals surface area contributed by atoms with E-state index in [0.29, 0.717) is 9.59 Å². The molecule has 15 nitrogen and oxygen atoms in total. The summed E-state index contributed by atoms with van der Waals surface area (Å²) in [4.78, 5) is 50.3. The van der Waals surface area contributed by atoms with Crippen molar-refractivity contribution in [2.24, 2.45) is 0 Å². The molecule has 4 heterocycles. The first-order chi connectivity index (χ1) is 23.0. The van der Waals surface area contributed by atoms with E-state index < -0.39 is 58.3 Å². The molecule has 2 fully saturated rings. The summed E-state index contributed by atoms with van der Waals surface area (Å²) < 4.78 is 66.6. The number of aliphatic hydroxyl groups is 1. The maximum absolute atomic E-state index is 13.8. The Labute approximate surface area is 281 Å². The van der Waals surface area contributed by atoms with E-state index in [-0.39, 0.29) is 58.9 Å². The fourth-order valence-corrected chi connectivity index (χ4v) is 6.44. The zero-order valence-electron chi connectivity index (χ0n) is 25.8. The van der Waals surface area contributed by atoms with E-state index in [1.165, 1.54) is 47.6 Å². The standard InChI is InChI=1S/C29H29ClF3N9O6S/c1-28(7-8-28)36-25(44)19-6-9-34-14-20(19)42-24(26(45)39-10-12-49(47,48)13-11-39)35-22(37-42)16-41-27(46)40(15-21(43)29(31,32)33)23(38-41)17-2-4-18(30)5-3-17/h2-6,9,14,21,43H,7-8,10-13,15-16H2,1H3,(H,36,44). The number of aliphatic hydroxyl groups excluding tert-OH is 1.